The van der Waals surface area contributed by atoms with Gasteiger partial charge in [0.15, 0.2) is 11.0 Å². The highest BCUT2D eigenvalue weighted by atomic mass is 32.2. The molecule has 3 rings (SSSR count). The Hall–Kier alpha value is -2.61. The summed E-state index contributed by atoms with van der Waals surface area (Å²) in [6.07, 6.45) is 5.60. The number of rotatable bonds is 5. The summed E-state index contributed by atoms with van der Waals surface area (Å²) >= 11 is 1.56. The number of carbonyl (C=O) groups excluding carboxylic acids is 1. The molecular formula is C16H18N6OS. The number of carbonyl (C=O) groups is 1. The van der Waals surface area contributed by atoms with Gasteiger partial charge in [0.1, 0.15) is 5.82 Å². The Balaban J connectivity index is 1.76. The van der Waals surface area contributed by atoms with Gasteiger partial charge in [-0.1, -0.05) is 17.8 Å². The number of amides is 1. The van der Waals surface area contributed by atoms with Gasteiger partial charge in [-0.3, -0.25) is 9.36 Å². The summed E-state index contributed by atoms with van der Waals surface area (Å²) in [5.41, 5.74) is 1.49. The van der Waals surface area contributed by atoms with Crippen LogP contribution in [0.2, 0.25) is 0 Å². The Kier molecular flexibility index (Phi) is 4.66. The summed E-state index contributed by atoms with van der Waals surface area (Å²) in [7, 11) is 1.88. The van der Waals surface area contributed by atoms with Crippen molar-refractivity contribution < 1.29 is 4.79 Å². The van der Waals surface area contributed by atoms with Crippen molar-refractivity contribution in [2.45, 2.75) is 18.6 Å². The molecule has 1 amide bonds. The Bertz CT molecular complexity index is 869. The Morgan fingerprint density at radius 3 is 2.88 bits per heavy atom. The van der Waals surface area contributed by atoms with Crippen LogP contribution >= 0.6 is 11.8 Å². The second-order valence-electron chi connectivity index (χ2n) is 5.24. The fourth-order valence-electron chi connectivity index (χ4n) is 2.30. The molecular weight excluding hydrogens is 324 g/mol. The molecule has 1 aromatic carbocycles. The molecule has 0 aliphatic heterocycles. The van der Waals surface area contributed by atoms with Gasteiger partial charge in [-0.2, -0.15) is 0 Å². The number of nitrogens with zero attached hydrogens (tertiary/aromatic N) is 5. The lowest BCUT2D eigenvalue weighted by Crippen LogP contribution is -2.24. The van der Waals surface area contributed by atoms with Crippen LogP contribution in [0.5, 0.6) is 0 Å². The molecule has 8 heteroatoms. The van der Waals surface area contributed by atoms with E-state index in [1.807, 2.05) is 53.8 Å². The minimum atomic E-state index is -0.150. The second kappa shape index (κ2) is 6.88. The van der Waals surface area contributed by atoms with Crippen molar-refractivity contribution in [1.82, 2.24) is 29.6 Å². The van der Waals surface area contributed by atoms with Gasteiger partial charge in [0.05, 0.1) is 6.54 Å². The summed E-state index contributed by atoms with van der Waals surface area (Å²) < 4.78 is 3.81. The van der Waals surface area contributed by atoms with Gasteiger partial charge in [0.25, 0.3) is 5.91 Å². The third kappa shape index (κ3) is 3.18. The third-order valence-electron chi connectivity index (χ3n) is 3.77. The van der Waals surface area contributed by atoms with Gasteiger partial charge in [-0.25, -0.2) is 4.98 Å². The van der Waals surface area contributed by atoms with Gasteiger partial charge >= 0.3 is 0 Å². The van der Waals surface area contributed by atoms with E-state index in [4.69, 9.17) is 0 Å². The molecule has 0 atom stereocenters. The molecule has 7 nitrogen and oxygen atoms in total. The largest absolute Gasteiger partial charge is 0.345 e. The molecule has 0 aliphatic carbocycles. The van der Waals surface area contributed by atoms with Gasteiger partial charge in [0, 0.05) is 30.7 Å². The molecule has 0 bridgehead atoms. The van der Waals surface area contributed by atoms with E-state index in [0.717, 1.165) is 22.5 Å². The lowest BCUT2D eigenvalue weighted by atomic mass is 10.2. The van der Waals surface area contributed by atoms with Crippen LogP contribution in [0.1, 0.15) is 22.0 Å². The molecule has 0 radical (unpaired) electrons. The van der Waals surface area contributed by atoms with Crippen molar-refractivity contribution >= 4 is 17.7 Å². The van der Waals surface area contributed by atoms with E-state index in [1.54, 1.807) is 24.0 Å². The van der Waals surface area contributed by atoms with Crippen LogP contribution in [0.4, 0.5) is 0 Å². The molecule has 3 aromatic rings. The van der Waals surface area contributed by atoms with E-state index in [2.05, 4.69) is 20.5 Å². The molecule has 24 heavy (non-hydrogen) atoms. The van der Waals surface area contributed by atoms with Crippen LogP contribution < -0.4 is 5.32 Å². The van der Waals surface area contributed by atoms with Crippen LogP contribution in [0, 0.1) is 6.92 Å². The van der Waals surface area contributed by atoms with E-state index in [9.17, 15) is 4.79 Å². The van der Waals surface area contributed by atoms with E-state index in [0.29, 0.717) is 12.1 Å². The van der Waals surface area contributed by atoms with Gasteiger partial charge in [-0.05, 0) is 31.4 Å². The lowest BCUT2D eigenvalue weighted by Gasteiger charge is -2.09. The maximum absolute atomic E-state index is 12.4. The zero-order valence-electron chi connectivity index (χ0n) is 13.7. The smallest absolute Gasteiger partial charge is 0.251 e. The number of nitrogens with one attached hydrogen (secondary N) is 1. The molecule has 124 valence electrons. The fourth-order valence-corrected chi connectivity index (χ4v) is 2.83. The molecule has 1 N–H and O–H groups in total. The summed E-state index contributed by atoms with van der Waals surface area (Å²) in [4.78, 5) is 16.7. The predicted molar refractivity (Wildman–Crippen MR) is 92.3 cm³/mol. The van der Waals surface area contributed by atoms with E-state index in [1.165, 1.54) is 0 Å². The summed E-state index contributed by atoms with van der Waals surface area (Å²) in [6, 6.07) is 7.44. The van der Waals surface area contributed by atoms with Crippen LogP contribution in [0.3, 0.4) is 0 Å². The molecule has 0 unspecified atom stereocenters. The van der Waals surface area contributed by atoms with E-state index >= 15 is 0 Å². The fraction of sp³-hybridized carbons (Fsp3) is 0.250. The highest BCUT2D eigenvalue weighted by Gasteiger charge is 2.11. The maximum atomic E-state index is 12.4. The van der Waals surface area contributed by atoms with E-state index in [-0.39, 0.29) is 5.91 Å². The number of hydrogen-bond donors (Lipinski definition) is 1. The van der Waals surface area contributed by atoms with Crippen molar-refractivity contribution in [3.05, 3.63) is 53.9 Å². The van der Waals surface area contributed by atoms with Crippen molar-refractivity contribution in [3.8, 4) is 5.69 Å². The Morgan fingerprint density at radius 2 is 2.17 bits per heavy atom. The Labute approximate surface area is 144 Å². The predicted octanol–water partition coefficient (Wildman–Crippen LogP) is 1.96. The van der Waals surface area contributed by atoms with Gasteiger partial charge < -0.3 is 9.88 Å². The summed E-state index contributed by atoms with van der Waals surface area (Å²) in [5.74, 6) is 1.38. The zero-order chi connectivity index (χ0) is 17.1. The molecule has 2 heterocycles. The van der Waals surface area contributed by atoms with Crippen molar-refractivity contribution in [2.24, 2.45) is 7.05 Å². The number of imidazole rings is 1. The lowest BCUT2D eigenvalue weighted by molar-refractivity contribution is 0.0949. The quantitative estimate of drug-likeness (QED) is 0.717. The summed E-state index contributed by atoms with van der Waals surface area (Å²) in [5, 5.41) is 11.8. The SMILES string of the molecule is CSc1nccn1-c1cccc(C(=O)NCc2nnc(C)n2C)c1. The minimum Gasteiger partial charge on any atom is -0.345 e. The molecule has 0 saturated heterocycles. The first-order valence-corrected chi connectivity index (χ1v) is 8.63. The van der Waals surface area contributed by atoms with Crippen LogP contribution in [-0.4, -0.2) is 36.5 Å². The number of thioether (sulfide) groups is 1. The standard InChI is InChI=1S/C16H18N6OS/c1-11-19-20-14(21(11)2)10-18-15(23)12-5-4-6-13(9-12)22-8-7-17-16(22)24-3/h4-9H,10H2,1-3H3,(H,18,23). The van der Waals surface area contributed by atoms with Crippen LogP contribution in [-0.2, 0) is 13.6 Å². The molecule has 0 spiro atoms. The van der Waals surface area contributed by atoms with Crippen molar-refractivity contribution in [1.29, 1.82) is 0 Å². The van der Waals surface area contributed by atoms with Crippen LogP contribution in [0.25, 0.3) is 5.69 Å². The number of aromatic nitrogens is 5. The first kappa shape index (κ1) is 16.3. The molecule has 2 aromatic heterocycles. The second-order valence-corrected chi connectivity index (χ2v) is 6.01. The monoisotopic (exact) mass is 342 g/mol. The first-order valence-electron chi connectivity index (χ1n) is 7.41. The van der Waals surface area contributed by atoms with E-state index < -0.39 is 0 Å². The zero-order valence-corrected chi connectivity index (χ0v) is 14.5. The third-order valence-corrected chi connectivity index (χ3v) is 4.43. The average molecular weight is 342 g/mol. The number of benzene rings is 1. The first-order chi connectivity index (χ1) is 11.6. The molecule has 0 aliphatic rings. The van der Waals surface area contributed by atoms with Gasteiger partial charge in [0.2, 0.25) is 0 Å². The maximum Gasteiger partial charge on any atom is 0.251 e. The molecule has 0 saturated carbocycles. The average Bonchev–Trinajstić information content (AvgIpc) is 3.20. The number of hydrogen-bond acceptors (Lipinski definition) is 5. The molecule has 0 fully saturated rings. The minimum absolute atomic E-state index is 0.150. The van der Waals surface area contributed by atoms with Crippen LogP contribution in [0.15, 0.2) is 41.8 Å². The van der Waals surface area contributed by atoms with Crippen molar-refractivity contribution in [2.75, 3.05) is 6.26 Å². The number of aryl methyl sites for hydroxylation is 1. The highest BCUT2D eigenvalue weighted by Crippen LogP contribution is 2.19. The highest BCUT2D eigenvalue weighted by molar-refractivity contribution is 7.98. The normalized spacial score (nSPS) is 10.8. The van der Waals surface area contributed by atoms with Crippen molar-refractivity contribution in [3.63, 3.8) is 0 Å². The van der Waals surface area contributed by atoms with Gasteiger partial charge in [-0.15, -0.1) is 10.2 Å². The topological polar surface area (TPSA) is 77.6 Å². The Morgan fingerprint density at radius 1 is 1.33 bits per heavy atom. The summed E-state index contributed by atoms with van der Waals surface area (Å²) in [6.45, 7) is 2.21.